The molecule has 0 bridgehead atoms. The van der Waals surface area contributed by atoms with Crippen molar-refractivity contribution in [1.29, 1.82) is 0 Å². The zero-order valence-corrected chi connectivity index (χ0v) is 15.7. The lowest BCUT2D eigenvalue weighted by atomic mass is 9.89. The lowest BCUT2D eigenvalue weighted by Crippen LogP contribution is -2.52. The highest BCUT2D eigenvalue weighted by molar-refractivity contribution is 5.40. The van der Waals surface area contributed by atoms with Crippen molar-refractivity contribution in [1.82, 2.24) is 0 Å². The number of halogens is 21. The van der Waals surface area contributed by atoms with Crippen molar-refractivity contribution in [2.24, 2.45) is 0 Å². The van der Waals surface area contributed by atoms with Gasteiger partial charge in [-0.25, -0.2) is 0 Å². The Kier molecular flexibility index (Phi) is 7.17. The van der Waals surface area contributed by atoms with Crippen molar-refractivity contribution in [3.63, 3.8) is 0 Å². The summed E-state index contributed by atoms with van der Waals surface area (Å²) in [6.45, 7) is 0. The molecule has 0 heterocycles. The Labute approximate surface area is 182 Å². The molecule has 0 N–H and O–H groups in total. The summed E-state index contributed by atoms with van der Waals surface area (Å²) in [4.78, 5) is 0. The fourth-order valence-electron chi connectivity index (χ4n) is 2.25. The van der Waals surface area contributed by atoms with E-state index in [2.05, 4.69) is 0 Å². The SMILES string of the molecule is FC(F)(F)C(F)(F)C(F)(F)c1cc(C(F)(F)C(F)(F)C(F)(F)F)cc(C(F)(F)C(F)(F)C(F)(F)F)c1. The summed E-state index contributed by atoms with van der Waals surface area (Å²) >= 11 is 0. The van der Waals surface area contributed by atoms with Crippen molar-refractivity contribution in [2.45, 2.75) is 54.1 Å². The van der Waals surface area contributed by atoms with Crippen LogP contribution in [-0.4, -0.2) is 36.3 Å². The molecule has 21 heteroatoms. The summed E-state index contributed by atoms with van der Waals surface area (Å²) < 4.78 is 273. The van der Waals surface area contributed by atoms with Crippen LogP contribution in [0.5, 0.6) is 0 Å². The van der Waals surface area contributed by atoms with E-state index in [1.165, 1.54) is 0 Å². The van der Waals surface area contributed by atoms with Crippen LogP contribution in [-0.2, 0) is 17.8 Å². The minimum absolute atomic E-state index is 1.75. The van der Waals surface area contributed by atoms with Crippen LogP contribution in [0.25, 0.3) is 0 Å². The summed E-state index contributed by atoms with van der Waals surface area (Å²) in [5.74, 6) is -44.2. The quantitative estimate of drug-likeness (QED) is 0.295. The zero-order valence-electron chi connectivity index (χ0n) is 15.7. The van der Waals surface area contributed by atoms with Gasteiger partial charge in [0.05, 0.1) is 0 Å². The molecule has 0 aromatic heterocycles. The Bertz CT molecular complexity index is 821. The summed E-state index contributed by atoms with van der Waals surface area (Å²) in [5.41, 5.74) is -11.1. The predicted octanol–water partition coefficient (Wildman–Crippen LogP) is 8.55. The molecule has 1 rings (SSSR count). The molecule has 0 atom stereocenters. The van der Waals surface area contributed by atoms with Gasteiger partial charge in [0, 0.05) is 16.7 Å². The van der Waals surface area contributed by atoms with Crippen LogP contribution >= 0.6 is 0 Å². The van der Waals surface area contributed by atoms with E-state index in [0.717, 1.165) is 0 Å². The topological polar surface area (TPSA) is 0 Å². The van der Waals surface area contributed by atoms with Crippen molar-refractivity contribution < 1.29 is 92.2 Å². The fraction of sp³-hybridized carbons (Fsp3) is 0.600. The van der Waals surface area contributed by atoms with E-state index in [1.54, 1.807) is 0 Å². The molecule has 0 nitrogen and oxygen atoms in total. The molecule has 36 heavy (non-hydrogen) atoms. The maximum atomic E-state index is 13.8. The van der Waals surface area contributed by atoms with Gasteiger partial charge in [0.2, 0.25) is 0 Å². The van der Waals surface area contributed by atoms with E-state index in [-0.39, 0.29) is 0 Å². The zero-order chi connectivity index (χ0) is 29.4. The molecular formula is C15H3F21. The fourth-order valence-corrected chi connectivity index (χ4v) is 2.25. The first-order valence-corrected chi connectivity index (χ1v) is 7.95. The van der Waals surface area contributed by atoms with E-state index >= 15 is 0 Å². The average Bonchev–Trinajstić information content (AvgIpc) is 2.64. The molecule has 0 spiro atoms. The Morgan fingerprint density at radius 2 is 0.417 bits per heavy atom. The molecule has 1 aromatic carbocycles. The van der Waals surface area contributed by atoms with Crippen LogP contribution in [0.1, 0.15) is 16.7 Å². The number of benzene rings is 1. The molecule has 0 saturated heterocycles. The Morgan fingerprint density at radius 1 is 0.278 bits per heavy atom. The molecule has 0 saturated carbocycles. The first-order chi connectivity index (χ1) is 15.3. The molecular weight excluding hydrogens is 579 g/mol. The van der Waals surface area contributed by atoms with Gasteiger partial charge >= 0.3 is 54.1 Å². The second-order valence-corrected chi connectivity index (χ2v) is 6.74. The smallest absolute Gasteiger partial charge is 0.194 e. The van der Waals surface area contributed by atoms with Crippen molar-refractivity contribution in [3.05, 3.63) is 34.9 Å². The predicted molar refractivity (Wildman–Crippen MR) is 71.1 cm³/mol. The normalized spacial score (nSPS) is 15.9. The molecule has 0 aliphatic carbocycles. The second kappa shape index (κ2) is 8.12. The van der Waals surface area contributed by atoms with Crippen LogP contribution in [0.2, 0.25) is 0 Å². The summed E-state index contributed by atoms with van der Waals surface area (Å²) in [7, 11) is 0. The molecule has 0 amide bonds. The Balaban J connectivity index is 4.21. The molecule has 0 aliphatic heterocycles. The highest BCUT2D eigenvalue weighted by Gasteiger charge is 2.77. The van der Waals surface area contributed by atoms with Gasteiger partial charge in [0.15, 0.2) is 0 Å². The van der Waals surface area contributed by atoms with Crippen LogP contribution in [0, 0.1) is 0 Å². The van der Waals surface area contributed by atoms with Crippen molar-refractivity contribution in [2.75, 3.05) is 0 Å². The van der Waals surface area contributed by atoms with Gasteiger partial charge in [-0.15, -0.1) is 0 Å². The largest absolute Gasteiger partial charge is 0.460 e. The van der Waals surface area contributed by atoms with E-state index in [9.17, 15) is 92.2 Å². The molecule has 0 unspecified atom stereocenters. The van der Waals surface area contributed by atoms with Crippen molar-refractivity contribution >= 4 is 0 Å². The summed E-state index contributed by atoms with van der Waals surface area (Å²) in [6.07, 6.45) is -22.3. The third-order valence-electron chi connectivity index (χ3n) is 4.27. The number of rotatable bonds is 6. The van der Waals surface area contributed by atoms with Gasteiger partial charge in [-0.05, 0) is 18.2 Å². The summed E-state index contributed by atoms with van der Waals surface area (Å²) in [5, 5.41) is 0. The molecule has 0 aliphatic rings. The van der Waals surface area contributed by atoms with E-state index in [4.69, 9.17) is 0 Å². The van der Waals surface area contributed by atoms with Crippen molar-refractivity contribution in [3.8, 4) is 0 Å². The molecule has 210 valence electrons. The standard InChI is InChI=1S/C15H3F21/c16-7(17,10(22,23)13(28,29)30)4-1-5(8(18,19)11(24,25)14(31,32)33)3-6(2-4)9(20,21)12(26,27)15(34,35)36/h1-3H. The van der Waals surface area contributed by atoms with E-state index in [0.29, 0.717) is 0 Å². The van der Waals surface area contributed by atoms with E-state index in [1.807, 2.05) is 0 Å². The summed E-state index contributed by atoms with van der Waals surface area (Å²) in [6, 6.07) is -5.24. The molecule has 1 aromatic rings. The van der Waals surface area contributed by atoms with Gasteiger partial charge in [-0.3, -0.25) is 0 Å². The van der Waals surface area contributed by atoms with Crippen LogP contribution in [0.4, 0.5) is 92.2 Å². The maximum absolute atomic E-state index is 13.8. The molecule has 0 fully saturated rings. The average molecular weight is 582 g/mol. The van der Waals surface area contributed by atoms with Gasteiger partial charge in [0.25, 0.3) is 0 Å². The maximum Gasteiger partial charge on any atom is 0.460 e. The minimum Gasteiger partial charge on any atom is -0.194 e. The first-order valence-electron chi connectivity index (χ1n) is 7.95. The van der Waals surface area contributed by atoms with E-state index < -0.39 is 89.0 Å². The second-order valence-electron chi connectivity index (χ2n) is 6.74. The Morgan fingerprint density at radius 3 is 0.528 bits per heavy atom. The number of hydrogen-bond acceptors (Lipinski definition) is 0. The molecule has 0 radical (unpaired) electrons. The lowest BCUT2D eigenvalue weighted by Gasteiger charge is -2.33. The van der Waals surface area contributed by atoms with Gasteiger partial charge in [0.1, 0.15) is 0 Å². The minimum atomic E-state index is -7.54. The van der Waals surface area contributed by atoms with Gasteiger partial charge < -0.3 is 0 Å². The van der Waals surface area contributed by atoms with Gasteiger partial charge in [-0.2, -0.15) is 92.2 Å². The number of hydrogen-bond donors (Lipinski definition) is 0. The third-order valence-corrected chi connectivity index (χ3v) is 4.27. The monoisotopic (exact) mass is 582 g/mol. The van der Waals surface area contributed by atoms with Crippen LogP contribution in [0.15, 0.2) is 18.2 Å². The number of alkyl halides is 21. The van der Waals surface area contributed by atoms with Crippen LogP contribution in [0.3, 0.4) is 0 Å². The highest BCUT2D eigenvalue weighted by Crippen LogP contribution is 2.58. The van der Waals surface area contributed by atoms with Crippen LogP contribution < -0.4 is 0 Å². The third kappa shape index (κ3) is 4.49. The first kappa shape index (κ1) is 31.8. The lowest BCUT2D eigenvalue weighted by molar-refractivity contribution is -0.362. The van der Waals surface area contributed by atoms with Gasteiger partial charge in [-0.1, -0.05) is 0 Å². The Hall–Kier alpha value is -2.25. The highest BCUT2D eigenvalue weighted by atomic mass is 19.4.